The van der Waals surface area contributed by atoms with Crippen LogP contribution in [0.4, 0.5) is 0 Å². The molecule has 0 aromatic heterocycles. The minimum Gasteiger partial charge on any atom is -0.493 e. The summed E-state index contributed by atoms with van der Waals surface area (Å²) in [6.07, 6.45) is -0.392. The number of ether oxygens (including phenoxy) is 4. The predicted molar refractivity (Wildman–Crippen MR) is 70.0 cm³/mol. The van der Waals surface area contributed by atoms with E-state index < -0.39 is 6.10 Å². The first-order valence-electron chi connectivity index (χ1n) is 6.38. The molecule has 1 saturated carbocycles. The second-order valence-electron chi connectivity index (χ2n) is 4.37. The van der Waals surface area contributed by atoms with Crippen LogP contribution in [-0.2, 0) is 4.74 Å². The summed E-state index contributed by atoms with van der Waals surface area (Å²) in [7, 11) is 3.16. The fourth-order valence-electron chi connectivity index (χ4n) is 2.17. The normalized spacial score (nSPS) is 25.6. The summed E-state index contributed by atoms with van der Waals surface area (Å²) in [6.45, 7) is 2.44. The zero-order chi connectivity index (χ0) is 13.8. The molecule has 3 atom stereocenters. The van der Waals surface area contributed by atoms with Crippen molar-refractivity contribution < 1.29 is 24.1 Å². The van der Waals surface area contributed by atoms with E-state index in [9.17, 15) is 5.11 Å². The third-order valence-corrected chi connectivity index (χ3v) is 3.23. The number of rotatable bonds is 6. The lowest BCUT2D eigenvalue weighted by atomic mass is 9.88. The average Bonchev–Trinajstić information content (AvgIpc) is 2.44. The van der Waals surface area contributed by atoms with E-state index in [0.717, 1.165) is 0 Å². The number of para-hydroxylation sites is 1. The van der Waals surface area contributed by atoms with Crippen molar-refractivity contribution in [1.82, 2.24) is 0 Å². The topological polar surface area (TPSA) is 57.2 Å². The van der Waals surface area contributed by atoms with Gasteiger partial charge in [0, 0.05) is 13.0 Å². The first-order valence-corrected chi connectivity index (χ1v) is 6.38. The van der Waals surface area contributed by atoms with E-state index in [1.807, 2.05) is 25.1 Å². The molecule has 5 nitrogen and oxygen atoms in total. The Morgan fingerprint density at radius 1 is 1.21 bits per heavy atom. The van der Waals surface area contributed by atoms with Crippen LogP contribution in [0.25, 0.3) is 0 Å². The van der Waals surface area contributed by atoms with Crippen LogP contribution < -0.4 is 14.2 Å². The number of methoxy groups -OCH3 is 2. The van der Waals surface area contributed by atoms with E-state index in [1.165, 1.54) is 0 Å². The summed E-state index contributed by atoms with van der Waals surface area (Å²) in [4.78, 5) is 0. The molecule has 0 bridgehead atoms. The summed E-state index contributed by atoms with van der Waals surface area (Å²) in [5.41, 5.74) is 0. The van der Waals surface area contributed by atoms with E-state index in [0.29, 0.717) is 30.3 Å². The van der Waals surface area contributed by atoms with Gasteiger partial charge in [0.1, 0.15) is 12.2 Å². The Labute approximate surface area is 113 Å². The maximum atomic E-state index is 9.67. The van der Waals surface area contributed by atoms with Crippen molar-refractivity contribution in [3.05, 3.63) is 18.2 Å². The van der Waals surface area contributed by atoms with Gasteiger partial charge in [-0.3, -0.25) is 0 Å². The summed E-state index contributed by atoms with van der Waals surface area (Å²) in [5.74, 6) is 1.76. The molecule has 19 heavy (non-hydrogen) atoms. The van der Waals surface area contributed by atoms with Crippen LogP contribution in [0.5, 0.6) is 17.2 Å². The van der Waals surface area contributed by atoms with Crippen molar-refractivity contribution in [2.75, 3.05) is 20.8 Å². The minimum absolute atomic E-state index is 0.180. The Morgan fingerprint density at radius 2 is 1.84 bits per heavy atom. The van der Waals surface area contributed by atoms with Gasteiger partial charge in [0.25, 0.3) is 0 Å². The molecule has 3 unspecified atom stereocenters. The lowest BCUT2D eigenvalue weighted by Gasteiger charge is -2.40. The molecule has 0 heterocycles. The molecular formula is C14H20O5. The Bertz CT molecular complexity index is 398. The molecule has 0 aliphatic heterocycles. The number of aliphatic hydroxyl groups is 1. The number of hydrogen-bond acceptors (Lipinski definition) is 5. The highest BCUT2D eigenvalue weighted by Gasteiger charge is 2.43. The van der Waals surface area contributed by atoms with Gasteiger partial charge < -0.3 is 24.1 Å². The Kier molecular flexibility index (Phi) is 4.50. The molecule has 0 saturated heterocycles. The zero-order valence-corrected chi connectivity index (χ0v) is 11.5. The molecular weight excluding hydrogens is 248 g/mol. The van der Waals surface area contributed by atoms with Crippen molar-refractivity contribution in [3.63, 3.8) is 0 Å². The molecule has 0 spiro atoms. The van der Waals surface area contributed by atoms with Crippen LogP contribution in [0.15, 0.2) is 18.2 Å². The molecule has 1 aliphatic carbocycles. The monoisotopic (exact) mass is 268 g/mol. The van der Waals surface area contributed by atoms with Crippen molar-refractivity contribution in [1.29, 1.82) is 0 Å². The van der Waals surface area contributed by atoms with Crippen molar-refractivity contribution in [2.24, 2.45) is 0 Å². The van der Waals surface area contributed by atoms with E-state index in [1.54, 1.807) is 14.2 Å². The second kappa shape index (κ2) is 6.12. The average molecular weight is 268 g/mol. The first-order chi connectivity index (χ1) is 9.21. The Morgan fingerprint density at radius 3 is 2.32 bits per heavy atom. The van der Waals surface area contributed by atoms with Crippen LogP contribution in [0.3, 0.4) is 0 Å². The molecule has 0 amide bonds. The zero-order valence-electron chi connectivity index (χ0n) is 11.5. The molecule has 1 aromatic carbocycles. The summed E-state index contributed by atoms with van der Waals surface area (Å²) < 4.78 is 21.9. The fourth-order valence-corrected chi connectivity index (χ4v) is 2.17. The highest BCUT2D eigenvalue weighted by Crippen LogP contribution is 2.40. The van der Waals surface area contributed by atoms with E-state index in [4.69, 9.17) is 18.9 Å². The SMILES string of the molecule is CCOC1C(O)CC1Oc1c(OC)cccc1OC. The van der Waals surface area contributed by atoms with Crippen molar-refractivity contribution in [3.8, 4) is 17.2 Å². The van der Waals surface area contributed by atoms with Crippen molar-refractivity contribution >= 4 is 0 Å². The van der Waals surface area contributed by atoms with Crippen LogP contribution in [0, 0.1) is 0 Å². The first kappa shape index (κ1) is 14.0. The number of benzene rings is 1. The van der Waals surface area contributed by atoms with Crippen LogP contribution in [0.2, 0.25) is 0 Å². The highest BCUT2D eigenvalue weighted by atomic mass is 16.6. The fraction of sp³-hybridized carbons (Fsp3) is 0.571. The summed E-state index contributed by atoms with van der Waals surface area (Å²) in [5, 5.41) is 9.67. The molecule has 0 radical (unpaired) electrons. The maximum Gasteiger partial charge on any atom is 0.203 e. The highest BCUT2D eigenvalue weighted by molar-refractivity contribution is 5.51. The van der Waals surface area contributed by atoms with E-state index >= 15 is 0 Å². The van der Waals surface area contributed by atoms with Gasteiger partial charge >= 0.3 is 0 Å². The molecule has 1 aliphatic rings. The van der Waals surface area contributed by atoms with Crippen LogP contribution in [0.1, 0.15) is 13.3 Å². The van der Waals surface area contributed by atoms with Gasteiger partial charge in [-0.2, -0.15) is 0 Å². The lowest BCUT2D eigenvalue weighted by molar-refractivity contribution is -0.160. The molecule has 5 heteroatoms. The van der Waals surface area contributed by atoms with E-state index in [-0.39, 0.29) is 12.2 Å². The van der Waals surface area contributed by atoms with E-state index in [2.05, 4.69) is 0 Å². The Balaban J connectivity index is 2.14. The third kappa shape index (κ3) is 2.77. The van der Waals surface area contributed by atoms with Gasteiger partial charge in [0.05, 0.1) is 20.3 Å². The van der Waals surface area contributed by atoms with Crippen LogP contribution in [-0.4, -0.2) is 44.2 Å². The molecule has 2 rings (SSSR count). The molecule has 1 fully saturated rings. The van der Waals surface area contributed by atoms with Gasteiger partial charge in [-0.05, 0) is 19.1 Å². The van der Waals surface area contributed by atoms with Crippen molar-refractivity contribution in [2.45, 2.75) is 31.7 Å². The largest absolute Gasteiger partial charge is 0.493 e. The molecule has 106 valence electrons. The summed E-state index contributed by atoms with van der Waals surface area (Å²) >= 11 is 0. The molecule has 1 aromatic rings. The molecule has 1 N–H and O–H groups in total. The summed E-state index contributed by atoms with van der Waals surface area (Å²) in [6, 6.07) is 5.45. The number of hydrogen-bond donors (Lipinski definition) is 1. The van der Waals surface area contributed by atoms with Gasteiger partial charge in [-0.25, -0.2) is 0 Å². The number of aliphatic hydroxyl groups excluding tert-OH is 1. The smallest absolute Gasteiger partial charge is 0.203 e. The van der Waals surface area contributed by atoms with Crippen LogP contribution >= 0.6 is 0 Å². The second-order valence-corrected chi connectivity index (χ2v) is 4.37. The van der Waals surface area contributed by atoms with Gasteiger partial charge in [0.15, 0.2) is 11.5 Å². The predicted octanol–water partition coefficient (Wildman–Crippen LogP) is 1.62. The van der Waals surface area contributed by atoms with Gasteiger partial charge in [-0.1, -0.05) is 6.07 Å². The minimum atomic E-state index is -0.467. The van der Waals surface area contributed by atoms with Gasteiger partial charge in [-0.15, -0.1) is 0 Å². The lowest BCUT2D eigenvalue weighted by Crippen LogP contribution is -2.55. The maximum absolute atomic E-state index is 9.67. The third-order valence-electron chi connectivity index (χ3n) is 3.23. The quantitative estimate of drug-likeness (QED) is 0.849. The standard InChI is InChI=1S/C14H20O5/c1-4-18-13-9(15)8-12(13)19-14-10(16-2)6-5-7-11(14)17-3/h5-7,9,12-13,15H,4,8H2,1-3H3. The Hall–Kier alpha value is -1.46. The van der Waals surface area contributed by atoms with Gasteiger partial charge in [0.2, 0.25) is 5.75 Å².